The van der Waals surface area contributed by atoms with Crippen molar-refractivity contribution in [3.63, 3.8) is 0 Å². The van der Waals surface area contributed by atoms with E-state index < -0.39 is 11.6 Å². The van der Waals surface area contributed by atoms with Gasteiger partial charge in [0.1, 0.15) is 0 Å². The van der Waals surface area contributed by atoms with E-state index in [0.29, 0.717) is 5.57 Å². The predicted octanol–water partition coefficient (Wildman–Crippen LogP) is 2.60. The van der Waals surface area contributed by atoms with Crippen LogP contribution in [0.5, 0.6) is 0 Å². The van der Waals surface area contributed by atoms with Crippen LogP contribution in [0.4, 0.5) is 0 Å². The highest BCUT2D eigenvalue weighted by Gasteiger charge is 2.29. The number of allylic oxidation sites excluding steroid dienone is 2. The van der Waals surface area contributed by atoms with Crippen LogP contribution in [0.15, 0.2) is 36.5 Å². The van der Waals surface area contributed by atoms with Crippen molar-refractivity contribution in [2.24, 2.45) is 5.92 Å². The molecule has 0 aromatic carbocycles. The molecule has 16 heavy (non-hydrogen) atoms. The molecule has 2 unspecified atom stereocenters. The van der Waals surface area contributed by atoms with Crippen LogP contribution >= 0.6 is 0 Å². The van der Waals surface area contributed by atoms with Crippen LogP contribution in [0.2, 0.25) is 0 Å². The van der Waals surface area contributed by atoms with Crippen molar-refractivity contribution in [1.29, 1.82) is 0 Å². The third-order valence-electron chi connectivity index (χ3n) is 2.75. The Bertz CT molecular complexity index is 341. The van der Waals surface area contributed by atoms with E-state index in [4.69, 9.17) is 9.47 Å². The Kier molecular flexibility index (Phi) is 4.07. The minimum Gasteiger partial charge on any atom is -0.435 e. The maximum atomic E-state index is 11.1. The van der Waals surface area contributed by atoms with Crippen LogP contribution in [0.1, 0.15) is 20.8 Å². The third-order valence-corrected chi connectivity index (χ3v) is 2.75. The largest absolute Gasteiger partial charge is 0.435 e. The van der Waals surface area contributed by atoms with E-state index in [2.05, 4.69) is 19.6 Å². The second kappa shape index (κ2) is 5.12. The predicted molar refractivity (Wildman–Crippen MR) is 62.7 cm³/mol. The molecule has 0 heterocycles. The van der Waals surface area contributed by atoms with E-state index in [-0.39, 0.29) is 12.7 Å². The number of esters is 1. The van der Waals surface area contributed by atoms with Crippen LogP contribution in [0, 0.1) is 5.92 Å². The molecule has 0 saturated heterocycles. The first-order valence-corrected chi connectivity index (χ1v) is 5.28. The van der Waals surface area contributed by atoms with Crippen molar-refractivity contribution >= 4 is 5.97 Å². The summed E-state index contributed by atoms with van der Waals surface area (Å²) in [5.74, 6) is -0.174. The van der Waals surface area contributed by atoms with E-state index in [1.165, 1.54) is 0 Å². The van der Waals surface area contributed by atoms with Crippen LogP contribution in [0.3, 0.4) is 0 Å². The zero-order valence-corrected chi connectivity index (χ0v) is 10.0. The van der Waals surface area contributed by atoms with Crippen molar-refractivity contribution in [1.82, 2.24) is 0 Å². The van der Waals surface area contributed by atoms with E-state index >= 15 is 0 Å². The first-order chi connectivity index (χ1) is 7.46. The first kappa shape index (κ1) is 12.7. The van der Waals surface area contributed by atoms with Gasteiger partial charge >= 0.3 is 5.97 Å². The Morgan fingerprint density at radius 2 is 2.19 bits per heavy atom. The molecule has 3 nitrogen and oxygen atoms in total. The summed E-state index contributed by atoms with van der Waals surface area (Å²) in [6.45, 7) is 9.07. The fourth-order valence-corrected chi connectivity index (χ4v) is 1.33. The van der Waals surface area contributed by atoms with Crippen LogP contribution < -0.4 is 0 Å². The van der Waals surface area contributed by atoms with Gasteiger partial charge in [0.25, 0.3) is 0 Å². The van der Waals surface area contributed by atoms with E-state index in [1.807, 2.05) is 25.2 Å². The lowest BCUT2D eigenvalue weighted by Crippen LogP contribution is -2.35. The van der Waals surface area contributed by atoms with Gasteiger partial charge in [0, 0.05) is 11.5 Å². The van der Waals surface area contributed by atoms with Gasteiger partial charge in [0.05, 0.1) is 5.60 Å². The fraction of sp³-hybridized carbons (Fsp3) is 0.462. The van der Waals surface area contributed by atoms with Gasteiger partial charge in [-0.1, -0.05) is 37.8 Å². The summed E-state index contributed by atoms with van der Waals surface area (Å²) >= 11 is 0. The molecular weight excluding hydrogens is 204 g/mol. The summed E-state index contributed by atoms with van der Waals surface area (Å²) in [6.07, 6.45) is 7.93. The Balaban J connectivity index is 2.43. The molecule has 1 aliphatic rings. The van der Waals surface area contributed by atoms with Crippen molar-refractivity contribution in [2.75, 3.05) is 6.79 Å². The van der Waals surface area contributed by atoms with Gasteiger partial charge in [-0.25, -0.2) is 4.79 Å². The molecule has 1 rings (SSSR count). The minimum atomic E-state index is -0.424. The monoisotopic (exact) mass is 222 g/mol. The second-order valence-electron chi connectivity index (χ2n) is 4.19. The van der Waals surface area contributed by atoms with E-state index in [0.717, 1.165) is 0 Å². The highest BCUT2D eigenvalue weighted by atomic mass is 16.7. The van der Waals surface area contributed by atoms with Gasteiger partial charge in [-0.05, 0) is 13.8 Å². The minimum absolute atomic E-state index is 0.0509. The molecule has 0 aliphatic heterocycles. The molecule has 0 fully saturated rings. The van der Waals surface area contributed by atoms with Crippen molar-refractivity contribution < 1.29 is 14.3 Å². The van der Waals surface area contributed by atoms with Crippen LogP contribution in [0.25, 0.3) is 0 Å². The molecule has 0 aromatic heterocycles. The van der Waals surface area contributed by atoms with Crippen LogP contribution in [-0.2, 0) is 14.3 Å². The standard InChI is InChI=1S/C13H18O3/c1-10(2)12(14)15-9-16-13(4)8-6-5-7-11(13)3/h5-8,11H,1,9H2,2-4H3. The molecule has 0 spiro atoms. The molecule has 2 atom stereocenters. The fourth-order valence-electron chi connectivity index (χ4n) is 1.33. The zero-order valence-electron chi connectivity index (χ0n) is 10.0. The average molecular weight is 222 g/mol. The summed E-state index contributed by atoms with van der Waals surface area (Å²) in [4.78, 5) is 11.1. The van der Waals surface area contributed by atoms with Gasteiger partial charge in [0.2, 0.25) is 0 Å². The van der Waals surface area contributed by atoms with Gasteiger partial charge < -0.3 is 9.47 Å². The average Bonchev–Trinajstić information content (AvgIpc) is 2.22. The van der Waals surface area contributed by atoms with Crippen molar-refractivity contribution in [3.8, 4) is 0 Å². The number of hydrogen-bond acceptors (Lipinski definition) is 3. The number of hydrogen-bond donors (Lipinski definition) is 0. The molecule has 0 amide bonds. The number of carbonyl (C=O) groups is 1. The highest BCUT2D eigenvalue weighted by molar-refractivity contribution is 5.86. The summed E-state index contributed by atoms with van der Waals surface area (Å²) < 4.78 is 10.5. The summed E-state index contributed by atoms with van der Waals surface area (Å²) in [5, 5.41) is 0. The number of carbonyl (C=O) groups excluding carboxylic acids is 1. The maximum absolute atomic E-state index is 11.1. The molecule has 88 valence electrons. The Labute approximate surface area is 96.4 Å². The lowest BCUT2D eigenvalue weighted by atomic mass is 9.87. The van der Waals surface area contributed by atoms with Crippen molar-refractivity contribution in [3.05, 3.63) is 36.5 Å². The summed E-state index contributed by atoms with van der Waals surface area (Å²) in [5.41, 5.74) is -0.0368. The van der Waals surface area contributed by atoms with Gasteiger partial charge in [-0.2, -0.15) is 0 Å². The van der Waals surface area contributed by atoms with E-state index in [1.54, 1.807) is 6.92 Å². The number of rotatable bonds is 4. The Hall–Kier alpha value is -1.35. The molecule has 1 aliphatic carbocycles. The zero-order chi connectivity index (χ0) is 12.2. The highest BCUT2D eigenvalue weighted by Crippen LogP contribution is 2.27. The van der Waals surface area contributed by atoms with Crippen molar-refractivity contribution in [2.45, 2.75) is 26.4 Å². The van der Waals surface area contributed by atoms with Gasteiger partial charge in [-0.3, -0.25) is 0 Å². The van der Waals surface area contributed by atoms with E-state index in [9.17, 15) is 4.79 Å². The molecule has 0 radical (unpaired) electrons. The topological polar surface area (TPSA) is 35.5 Å². The number of ether oxygens (including phenoxy) is 2. The smallest absolute Gasteiger partial charge is 0.335 e. The quantitative estimate of drug-likeness (QED) is 0.416. The van der Waals surface area contributed by atoms with Gasteiger partial charge in [-0.15, -0.1) is 0 Å². The summed E-state index contributed by atoms with van der Waals surface area (Å²) in [6, 6.07) is 0. The Morgan fingerprint density at radius 1 is 1.50 bits per heavy atom. The Morgan fingerprint density at radius 3 is 2.75 bits per heavy atom. The maximum Gasteiger partial charge on any atom is 0.335 e. The normalized spacial score (nSPS) is 27.8. The molecule has 3 heteroatoms. The van der Waals surface area contributed by atoms with Crippen LogP contribution in [-0.4, -0.2) is 18.4 Å². The third kappa shape index (κ3) is 3.07. The molecule has 0 saturated carbocycles. The molecule has 0 aromatic rings. The first-order valence-electron chi connectivity index (χ1n) is 5.28. The summed E-state index contributed by atoms with van der Waals surface area (Å²) in [7, 11) is 0. The second-order valence-corrected chi connectivity index (χ2v) is 4.19. The SMILES string of the molecule is C=C(C)C(=O)OCOC1(C)C=CC=CC1C. The lowest BCUT2D eigenvalue weighted by molar-refractivity contribution is -0.164. The molecule has 0 N–H and O–H groups in total. The molecular formula is C13H18O3. The molecule has 0 bridgehead atoms. The van der Waals surface area contributed by atoms with Gasteiger partial charge in [0.15, 0.2) is 6.79 Å². The lowest BCUT2D eigenvalue weighted by Gasteiger charge is -2.32.